The van der Waals surface area contributed by atoms with E-state index in [9.17, 15) is 14.4 Å². The number of amides is 2. The molecular formula is C24H25N5O3S. The molecule has 1 saturated heterocycles. The minimum atomic E-state index is -0.288. The molecule has 33 heavy (non-hydrogen) atoms. The van der Waals surface area contributed by atoms with Gasteiger partial charge in [0.1, 0.15) is 0 Å². The van der Waals surface area contributed by atoms with Crippen molar-refractivity contribution >= 4 is 34.2 Å². The van der Waals surface area contributed by atoms with E-state index in [1.165, 1.54) is 18.3 Å². The van der Waals surface area contributed by atoms with Gasteiger partial charge in [-0.15, -0.1) is 11.3 Å². The van der Waals surface area contributed by atoms with Crippen molar-refractivity contribution < 1.29 is 9.59 Å². The highest BCUT2D eigenvalue weighted by Crippen LogP contribution is 2.33. The van der Waals surface area contributed by atoms with Crippen molar-refractivity contribution in [2.75, 3.05) is 26.2 Å². The number of carbonyl (C=O) groups excluding carboxylic acids is 2. The van der Waals surface area contributed by atoms with E-state index in [1.54, 1.807) is 27.8 Å². The van der Waals surface area contributed by atoms with Gasteiger partial charge in [-0.1, -0.05) is 24.3 Å². The second-order valence-electron chi connectivity index (χ2n) is 8.39. The van der Waals surface area contributed by atoms with Gasteiger partial charge in [0.15, 0.2) is 4.96 Å². The number of carbonyl (C=O) groups is 2. The normalized spacial score (nSPS) is 18.5. The third-order valence-electron chi connectivity index (χ3n) is 6.30. The molecule has 9 heteroatoms. The maximum Gasteiger partial charge on any atom is 0.258 e. The van der Waals surface area contributed by atoms with Crippen LogP contribution in [0.2, 0.25) is 0 Å². The number of nitrogens with zero attached hydrogens (tertiary/aromatic N) is 5. The molecular weight excluding hydrogens is 438 g/mol. The average Bonchev–Trinajstić information content (AvgIpc) is 3.29. The summed E-state index contributed by atoms with van der Waals surface area (Å²) in [7, 11) is 0. The predicted octanol–water partition coefficient (Wildman–Crippen LogP) is 2.36. The van der Waals surface area contributed by atoms with Crippen LogP contribution in [-0.2, 0) is 16.1 Å². The van der Waals surface area contributed by atoms with Crippen LogP contribution in [0.4, 0.5) is 0 Å². The summed E-state index contributed by atoms with van der Waals surface area (Å²) in [6, 6.07) is 9.20. The molecule has 2 amide bonds. The second-order valence-corrected chi connectivity index (χ2v) is 9.26. The first-order valence-corrected chi connectivity index (χ1v) is 11.9. The van der Waals surface area contributed by atoms with Crippen molar-refractivity contribution in [1.29, 1.82) is 0 Å². The van der Waals surface area contributed by atoms with Crippen molar-refractivity contribution in [2.45, 2.75) is 25.9 Å². The van der Waals surface area contributed by atoms with Gasteiger partial charge in [0.2, 0.25) is 11.8 Å². The van der Waals surface area contributed by atoms with Gasteiger partial charge in [0.25, 0.3) is 5.56 Å². The summed E-state index contributed by atoms with van der Waals surface area (Å²) in [5.41, 5.74) is 2.74. The lowest BCUT2D eigenvalue weighted by Gasteiger charge is -2.37. The molecule has 0 saturated carbocycles. The SMILES string of the molecule is CC(=O)N1C=Cc2ccccc2[C@@H]1CC(=O)N1CCN(Cc2cc(=O)n3ccsc3n2)CC1. The van der Waals surface area contributed by atoms with Gasteiger partial charge < -0.3 is 9.80 Å². The average molecular weight is 464 g/mol. The van der Waals surface area contributed by atoms with Crippen molar-refractivity contribution in [1.82, 2.24) is 24.1 Å². The van der Waals surface area contributed by atoms with Crippen molar-refractivity contribution in [2.24, 2.45) is 0 Å². The first kappa shape index (κ1) is 21.5. The van der Waals surface area contributed by atoms with Crippen LogP contribution >= 0.6 is 11.3 Å². The van der Waals surface area contributed by atoms with Crippen LogP contribution in [0.25, 0.3) is 11.0 Å². The fourth-order valence-corrected chi connectivity index (χ4v) is 5.30. The first-order valence-electron chi connectivity index (χ1n) is 11.0. The third kappa shape index (κ3) is 4.34. The fraction of sp³-hybridized carbons (Fsp3) is 0.333. The summed E-state index contributed by atoms with van der Waals surface area (Å²) < 4.78 is 1.55. The number of hydrogen-bond donors (Lipinski definition) is 0. The Balaban J connectivity index is 1.22. The Morgan fingerprint density at radius 2 is 1.94 bits per heavy atom. The van der Waals surface area contributed by atoms with E-state index in [1.807, 2.05) is 40.6 Å². The van der Waals surface area contributed by atoms with Crippen molar-refractivity contribution in [3.05, 3.63) is 75.3 Å². The molecule has 2 aliphatic rings. The Bertz CT molecular complexity index is 1290. The first-order chi connectivity index (χ1) is 16.0. The standard InChI is InChI=1S/C24H25N5O3S/c1-17(30)28-7-6-18-4-2-3-5-20(18)21(28)15-22(31)27-10-8-26(9-11-27)16-19-14-23(32)29-12-13-33-24(29)25-19/h2-7,12-14,21H,8-11,15-16H2,1H3/t21-/m0/s1. The molecule has 0 bridgehead atoms. The number of fused-ring (bicyclic) bond motifs is 2. The fourth-order valence-electron chi connectivity index (χ4n) is 4.56. The molecule has 0 radical (unpaired) electrons. The van der Waals surface area contributed by atoms with E-state index in [0.717, 1.165) is 29.9 Å². The van der Waals surface area contributed by atoms with Crippen LogP contribution in [0.1, 0.15) is 36.2 Å². The topological polar surface area (TPSA) is 78.2 Å². The maximum atomic E-state index is 13.2. The van der Waals surface area contributed by atoms with Crippen LogP contribution in [0.3, 0.4) is 0 Å². The van der Waals surface area contributed by atoms with Crippen LogP contribution < -0.4 is 5.56 Å². The molecule has 2 aliphatic heterocycles. The zero-order valence-corrected chi connectivity index (χ0v) is 19.2. The van der Waals surface area contributed by atoms with Crippen molar-refractivity contribution in [3.8, 4) is 0 Å². The summed E-state index contributed by atoms with van der Waals surface area (Å²) in [6.07, 6.45) is 5.69. The number of aromatic nitrogens is 2. The quantitative estimate of drug-likeness (QED) is 0.594. The predicted molar refractivity (Wildman–Crippen MR) is 127 cm³/mol. The van der Waals surface area contributed by atoms with Crippen LogP contribution in [-0.4, -0.2) is 62.1 Å². The number of hydrogen-bond acceptors (Lipinski definition) is 6. The van der Waals surface area contributed by atoms with E-state index in [2.05, 4.69) is 9.88 Å². The largest absolute Gasteiger partial charge is 0.340 e. The minimum Gasteiger partial charge on any atom is -0.340 e. The maximum absolute atomic E-state index is 13.2. The molecule has 0 N–H and O–H groups in total. The third-order valence-corrected chi connectivity index (χ3v) is 7.06. The van der Waals surface area contributed by atoms with Crippen molar-refractivity contribution in [3.63, 3.8) is 0 Å². The van der Waals surface area contributed by atoms with E-state index < -0.39 is 0 Å². The highest BCUT2D eigenvalue weighted by atomic mass is 32.1. The number of piperazine rings is 1. The van der Waals surface area contributed by atoms with E-state index in [0.29, 0.717) is 24.6 Å². The molecule has 1 atom stereocenters. The molecule has 2 aromatic heterocycles. The molecule has 5 rings (SSSR count). The lowest BCUT2D eigenvalue weighted by molar-refractivity contribution is -0.136. The Hall–Kier alpha value is -3.30. The summed E-state index contributed by atoms with van der Waals surface area (Å²) >= 11 is 1.44. The molecule has 0 spiro atoms. The van der Waals surface area contributed by atoms with E-state index in [-0.39, 0.29) is 29.8 Å². The number of benzene rings is 1. The van der Waals surface area contributed by atoms with Gasteiger partial charge in [0, 0.05) is 63.5 Å². The minimum absolute atomic E-state index is 0.0485. The highest BCUT2D eigenvalue weighted by molar-refractivity contribution is 7.15. The molecule has 4 heterocycles. The van der Waals surface area contributed by atoms with Crippen LogP contribution in [0, 0.1) is 0 Å². The summed E-state index contributed by atoms with van der Waals surface area (Å²) in [6.45, 7) is 4.78. The molecule has 0 unspecified atom stereocenters. The molecule has 1 aromatic carbocycles. The number of rotatable bonds is 4. The van der Waals surface area contributed by atoms with E-state index >= 15 is 0 Å². The van der Waals surface area contributed by atoms with Gasteiger partial charge in [-0.05, 0) is 17.2 Å². The van der Waals surface area contributed by atoms with E-state index in [4.69, 9.17) is 0 Å². The zero-order chi connectivity index (χ0) is 22.9. The Kier molecular flexibility index (Phi) is 5.82. The van der Waals surface area contributed by atoms with Gasteiger partial charge in [0.05, 0.1) is 18.2 Å². The van der Waals surface area contributed by atoms with Gasteiger partial charge >= 0.3 is 0 Å². The van der Waals surface area contributed by atoms with Crippen LogP contribution in [0.5, 0.6) is 0 Å². The number of thiazole rings is 1. The molecule has 170 valence electrons. The lowest BCUT2D eigenvalue weighted by atomic mass is 9.93. The lowest BCUT2D eigenvalue weighted by Crippen LogP contribution is -2.49. The summed E-state index contributed by atoms with van der Waals surface area (Å²) in [4.78, 5) is 48.6. The molecule has 1 fully saturated rings. The van der Waals surface area contributed by atoms with Gasteiger partial charge in [-0.2, -0.15) is 0 Å². The molecule has 3 aromatic rings. The smallest absolute Gasteiger partial charge is 0.258 e. The zero-order valence-electron chi connectivity index (χ0n) is 18.4. The summed E-state index contributed by atoms with van der Waals surface area (Å²) in [5, 5.41) is 1.85. The summed E-state index contributed by atoms with van der Waals surface area (Å²) in [5.74, 6) is -0.0261. The van der Waals surface area contributed by atoms with Gasteiger partial charge in [-0.3, -0.25) is 23.7 Å². The monoisotopic (exact) mass is 463 g/mol. The highest BCUT2D eigenvalue weighted by Gasteiger charge is 2.31. The van der Waals surface area contributed by atoms with Crippen LogP contribution in [0.15, 0.2) is 52.9 Å². The molecule has 8 nitrogen and oxygen atoms in total. The Morgan fingerprint density at radius 1 is 1.15 bits per heavy atom. The van der Waals surface area contributed by atoms with Gasteiger partial charge in [-0.25, -0.2) is 4.98 Å². The molecule has 0 aliphatic carbocycles. The second kappa shape index (κ2) is 8.92. The Morgan fingerprint density at radius 3 is 2.73 bits per heavy atom. The Labute approximate surface area is 195 Å².